The van der Waals surface area contributed by atoms with E-state index in [9.17, 15) is 0 Å². The standard InChI is InChI=1S/C13H28Si.CH4/c1-5-13(6-2)11-9-10-12-14(13,7-3)8-4;/h5-12H2,1-4H3;1H4. The van der Waals surface area contributed by atoms with E-state index in [-0.39, 0.29) is 7.43 Å². The highest BCUT2D eigenvalue weighted by Gasteiger charge is 2.49. The van der Waals surface area contributed by atoms with E-state index in [2.05, 4.69) is 27.7 Å². The molecule has 1 aliphatic heterocycles. The van der Waals surface area contributed by atoms with E-state index in [4.69, 9.17) is 0 Å². The van der Waals surface area contributed by atoms with Crippen LogP contribution in [0.15, 0.2) is 0 Å². The lowest BCUT2D eigenvalue weighted by molar-refractivity contribution is 0.408. The van der Waals surface area contributed by atoms with Gasteiger partial charge in [0.2, 0.25) is 0 Å². The van der Waals surface area contributed by atoms with E-state index >= 15 is 0 Å². The Morgan fingerprint density at radius 3 is 1.80 bits per heavy atom. The van der Waals surface area contributed by atoms with Crippen molar-refractivity contribution >= 4 is 8.07 Å². The molecule has 0 amide bonds. The Morgan fingerprint density at radius 2 is 1.47 bits per heavy atom. The van der Waals surface area contributed by atoms with Gasteiger partial charge in [0.05, 0.1) is 8.07 Å². The van der Waals surface area contributed by atoms with Crippen LogP contribution >= 0.6 is 0 Å². The average molecular weight is 228 g/mol. The van der Waals surface area contributed by atoms with Crippen molar-refractivity contribution in [3.05, 3.63) is 0 Å². The summed E-state index contributed by atoms with van der Waals surface area (Å²) in [6.07, 6.45) is 7.51. The van der Waals surface area contributed by atoms with Gasteiger partial charge in [-0.25, -0.2) is 0 Å². The molecule has 1 heteroatoms. The van der Waals surface area contributed by atoms with Gasteiger partial charge in [-0.2, -0.15) is 0 Å². The Bertz CT molecular complexity index is 146. The van der Waals surface area contributed by atoms with Crippen LogP contribution in [0.4, 0.5) is 0 Å². The number of hydrogen-bond acceptors (Lipinski definition) is 0. The van der Waals surface area contributed by atoms with Gasteiger partial charge in [0.15, 0.2) is 0 Å². The van der Waals surface area contributed by atoms with Gasteiger partial charge < -0.3 is 0 Å². The summed E-state index contributed by atoms with van der Waals surface area (Å²) >= 11 is 0. The van der Waals surface area contributed by atoms with Crippen molar-refractivity contribution in [3.63, 3.8) is 0 Å². The van der Waals surface area contributed by atoms with Crippen LogP contribution in [0.3, 0.4) is 0 Å². The zero-order valence-electron chi connectivity index (χ0n) is 10.7. The van der Waals surface area contributed by atoms with Crippen LogP contribution in [0.1, 0.15) is 67.2 Å². The van der Waals surface area contributed by atoms with Gasteiger partial charge in [-0.3, -0.25) is 0 Å². The zero-order chi connectivity index (χ0) is 10.7. The Labute approximate surface area is 98.9 Å². The predicted octanol–water partition coefficient (Wildman–Crippen LogP) is 5.86. The topological polar surface area (TPSA) is 0 Å². The Morgan fingerprint density at radius 1 is 0.933 bits per heavy atom. The van der Waals surface area contributed by atoms with Gasteiger partial charge in [0.1, 0.15) is 0 Å². The maximum absolute atomic E-state index is 2.47. The summed E-state index contributed by atoms with van der Waals surface area (Å²) in [4.78, 5) is 0. The molecule has 0 N–H and O–H groups in total. The highest BCUT2D eigenvalue weighted by molar-refractivity contribution is 6.82. The Balaban J connectivity index is 0.00000196. The van der Waals surface area contributed by atoms with Crippen molar-refractivity contribution in [1.82, 2.24) is 0 Å². The molecular formula is C14H32Si. The predicted molar refractivity (Wildman–Crippen MR) is 75.4 cm³/mol. The molecule has 0 saturated carbocycles. The third-order valence-corrected chi connectivity index (χ3v) is 12.6. The first-order valence-electron chi connectivity index (χ1n) is 6.70. The normalized spacial score (nSPS) is 23.2. The number of rotatable bonds is 4. The van der Waals surface area contributed by atoms with Crippen molar-refractivity contribution in [2.75, 3.05) is 0 Å². The van der Waals surface area contributed by atoms with Crippen LogP contribution in [0, 0.1) is 0 Å². The summed E-state index contributed by atoms with van der Waals surface area (Å²) < 4.78 is 0. The molecule has 0 atom stereocenters. The van der Waals surface area contributed by atoms with Gasteiger partial charge in [0.25, 0.3) is 0 Å². The lowest BCUT2D eigenvalue weighted by atomic mass is 9.94. The smallest absolute Gasteiger partial charge is 0.0592 e. The van der Waals surface area contributed by atoms with Crippen molar-refractivity contribution in [1.29, 1.82) is 0 Å². The van der Waals surface area contributed by atoms with Gasteiger partial charge in [-0.05, 0) is 5.04 Å². The van der Waals surface area contributed by atoms with E-state index < -0.39 is 8.07 Å². The fourth-order valence-corrected chi connectivity index (χ4v) is 10.5. The van der Waals surface area contributed by atoms with Crippen LogP contribution in [0.5, 0.6) is 0 Å². The van der Waals surface area contributed by atoms with Crippen LogP contribution in [0.2, 0.25) is 23.2 Å². The molecule has 0 aromatic rings. The molecule has 15 heavy (non-hydrogen) atoms. The van der Waals surface area contributed by atoms with E-state index in [0.717, 1.165) is 5.04 Å². The highest BCUT2D eigenvalue weighted by Crippen LogP contribution is 2.57. The zero-order valence-corrected chi connectivity index (χ0v) is 11.7. The quantitative estimate of drug-likeness (QED) is 0.529. The second-order valence-electron chi connectivity index (χ2n) is 5.18. The summed E-state index contributed by atoms with van der Waals surface area (Å²) in [7, 11) is -0.910. The molecule has 92 valence electrons. The molecule has 0 spiro atoms. The first kappa shape index (κ1) is 15.2. The fourth-order valence-electron chi connectivity index (χ4n) is 4.16. The second kappa shape index (κ2) is 6.08. The summed E-state index contributed by atoms with van der Waals surface area (Å²) in [6, 6.07) is 4.69. The second-order valence-corrected chi connectivity index (χ2v) is 10.7. The molecule has 0 nitrogen and oxygen atoms in total. The first-order valence-corrected chi connectivity index (χ1v) is 9.32. The molecule has 0 radical (unpaired) electrons. The van der Waals surface area contributed by atoms with Gasteiger partial charge in [-0.15, -0.1) is 0 Å². The van der Waals surface area contributed by atoms with E-state index in [0.29, 0.717) is 0 Å². The minimum absolute atomic E-state index is 0. The highest BCUT2D eigenvalue weighted by atomic mass is 28.3. The molecule has 0 aromatic heterocycles. The third-order valence-electron chi connectivity index (χ3n) is 5.39. The molecule has 0 unspecified atom stereocenters. The third kappa shape index (κ3) is 2.32. The molecular weight excluding hydrogens is 196 g/mol. The van der Waals surface area contributed by atoms with Crippen molar-refractivity contribution < 1.29 is 0 Å². The molecule has 0 aromatic carbocycles. The van der Waals surface area contributed by atoms with Crippen LogP contribution in [0.25, 0.3) is 0 Å². The van der Waals surface area contributed by atoms with E-state index in [1.165, 1.54) is 37.8 Å². The molecule has 1 fully saturated rings. The van der Waals surface area contributed by atoms with Gasteiger partial charge in [-0.1, -0.05) is 85.4 Å². The monoisotopic (exact) mass is 228 g/mol. The number of hydrogen-bond donors (Lipinski definition) is 0. The van der Waals surface area contributed by atoms with E-state index in [1.54, 1.807) is 12.5 Å². The molecule has 1 rings (SSSR count). The van der Waals surface area contributed by atoms with Gasteiger partial charge >= 0.3 is 0 Å². The van der Waals surface area contributed by atoms with Crippen molar-refractivity contribution in [2.24, 2.45) is 0 Å². The van der Waals surface area contributed by atoms with Crippen LogP contribution in [-0.4, -0.2) is 8.07 Å². The molecule has 1 aliphatic rings. The lowest BCUT2D eigenvalue weighted by Gasteiger charge is -2.52. The lowest BCUT2D eigenvalue weighted by Crippen LogP contribution is -2.48. The SMILES string of the molecule is C.CCC1(CC)CCCC[Si]1(CC)CC. The average Bonchev–Trinajstić information content (AvgIpc) is 2.28. The molecule has 1 saturated heterocycles. The Kier molecular flexibility index (Phi) is 6.16. The summed E-state index contributed by atoms with van der Waals surface area (Å²) in [5, 5.41) is 0.814. The van der Waals surface area contributed by atoms with Gasteiger partial charge in [0, 0.05) is 0 Å². The van der Waals surface area contributed by atoms with Crippen LogP contribution < -0.4 is 0 Å². The van der Waals surface area contributed by atoms with Crippen molar-refractivity contribution in [2.45, 2.75) is 90.4 Å². The Hall–Kier alpha value is 0.217. The minimum Gasteiger partial charge on any atom is -0.0776 e. The maximum atomic E-state index is 2.47. The first-order chi connectivity index (χ1) is 6.70. The summed E-state index contributed by atoms with van der Waals surface area (Å²) in [5.74, 6) is 0. The van der Waals surface area contributed by atoms with Crippen molar-refractivity contribution in [3.8, 4) is 0 Å². The largest absolute Gasteiger partial charge is 0.0776 e. The minimum atomic E-state index is -0.910. The van der Waals surface area contributed by atoms with E-state index in [1.807, 2.05) is 0 Å². The molecule has 0 aliphatic carbocycles. The van der Waals surface area contributed by atoms with Crippen LogP contribution in [-0.2, 0) is 0 Å². The maximum Gasteiger partial charge on any atom is 0.0592 e. The fraction of sp³-hybridized carbons (Fsp3) is 1.00. The summed E-state index contributed by atoms with van der Waals surface area (Å²) in [5.41, 5.74) is 0. The molecule has 0 bridgehead atoms. The summed E-state index contributed by atoms with van der Waals surface area (Å²) in [6.45, 7) is 9.84. The molecule has 1 heterocycles.